The highest BCUT2D eigenvalue weighted by Crippen LogP contribution is 2.29. The van der Waals surface area contributed by atoms with E-state index in [1.165, 1.54) is 24.3 Å². The Morgan fingerprint density at radius 2 is 1.88 bits per heavy atom. The molecule has 0 radical (unpaired) electrons. The smallest absolute Gasteiger partial charge is 0.282 e. The van der Waals surface area contributed by atoms with Crippen LogP contribution in [0.25, 0.3) is 10.9 Å². The lowest BCUT2D eigenvalue weighted by Gasteiger charge is -2.08. The largest absolute Gasteiger partial charge is 0.543 e. The van der Waals surface area contributed by atoms with Crippen LogP contribution >= 0.6 is 0 Å². The summed E-state index contributed by atoms with van der Waals surface area (Å²) in [5.74, 6) is -2.27. The summed E-state index contributed by atoms with van der Waals surface area (Å²) in [5, 5.41) is 25.4. The molecule has 0 atom stereocenters. The minimum atomic E-state index is -1.49. The number of anilines is 1. The van der Waals surface area contributed by atoms with E-state index in [2.05, 4.69) is 10.3 Å². The Morgan fingerprint density at radius 1 is 1.16 bits per heavy atom. The minimum absolute atomic E-state index is 0.0156. The topological polar surface area (TPSA) is 128 Å². The molecule has 0 aliphatic rings. The molecule has 8 heteroatoms. The van der Waals surface area contributed by atoms with E-state index >= 15 is 0 Å². The van der Waals surface area contributed by atoms with Crippen LogP contribution in [0.4, 0.5) is 11.4 Å². The molecule has 0 saturated carbocycles. The van der Waals surface area contributed by atoms with E-state index in [-0.39, 0.29) is 22.6 Å². The molecule has 1 heterocycles. The number of fused-ring (bicyclic) bond motifs is 1. The molecule has 0 saturated heterocycles. The maximum atomic E-state index is 12.5. The van der Waals surface area contributed by atoms with Crippen LogP contribution in [0, 0.1) is 17.0 Å². The molecule has 0 bridgehead atoms. The van der Waals surface area contributed by atoms with Crippen molar-refractivity contribution in [3.05, 3.63) is 69.4 Å². The van der Waals surface area contributed by atoms with E-state index in [0.29, 0.717) is 10.9 Å². The second-order valence-corrected chi connectivity index (χ2v) is 5.44. The molecule has 0 fully saturated rings. The van der Waals surface area contributed by atoms with Crippen LogP contribution in [0.3, 0.4) is 0 Å². The summed E-state index contributed by atoms with van der Waals surface area (Å²) in [5.41, 5.74) is 0.541. The van der Waals surface area contributed by atoms with E-state index in [0.717, 1.165) is 5.56 Å². The summed E-state index contributed by atoms with van der Waals surface area (Å²) in [6.45, 7) is 1.82. The van der Waals surface area contributed by atoms with Gasteiger partial charge in [-0.3, -0.25) is 14.9 Å². The molecular formula is C17H12N3O5-. The predicted octanol–water partition coefficient (Wildman–Crippen LogP) is 2.00. The van der Waals surface area contributed by atoms with E-state index in [1.807, 2.05) is 6.92 Å². The zero-order chi connectivity index (χ0) is 18.1. The summed E-state index contributed by atoms with van der Waals surface area (Å²) in [6, 6.07) is 10.6. The third-order valence-electron chi connectivity index (χ3n) is 3.74. The van der Waals surface area contributed by atoms with Crippen LogP contribution in [0.2, 0.25) is 0 Å². The van der Waals surface area contributed by atoms with Gasteiger partial charge in [0, 0.05) is 17.0 Å². The van der Waals surface area contributed by atoms with Crippen molar-refractivity contribution in [2.75, 3.05) is 5.32 Å². The van der Waals surface area contributed by atoms with Gasteiger partial charge < -0.3 is 20.2 Å². The average Bonchev–Trinajstić information content (AvgIpc) is 2.93. The second kappa shape index (κ2) is 6.08. The first-order valence-electron chi connectivity index (χ1n) is 7.27. The summed E-state index contributed by atoms with van der Waals surface area (Å²) in [4.78, 5) is 36.9. The number of carboxylic acids is 1. The van der Waals surface area contributed by atoms with Crippen molar-refractivity contribution in [2.45, 2.75) is 6.92 Å². The third-order valence-corrected chi connectivity index (χ3v) is 3.74. The molecule has 3 aromatic rings. The van der Waals surface area contributed by atoms with E-state index in [4.69, 9.17) is 0 Å². The lowest BCUT2D eigenvalue weighted by Crippen LogP contribution is -2.25. The van der Waals surface area contributed by atoms with Gasteiger partial charge in [-0.2, -0.15) is 0 Å². The number of rotatable bonds is 4. The maximum absolute atomic E-state index is 12.5. The molecule has 2 aromatic carbocycles. The van der Waals surface area contributed by atoms with Crippen molar-refractivity contribution in [1.29, 1.82) is 0 Å². The number of aromatic amines is 1. The maximum Gasteiger partial charge on any atom is 0.282 e. The number of aryl methyl sites for hydroxylation is 1. The fourth-order valence-electron chi connectivity index (χ4n) is 2.59. The Bertz CT molecular complexity index is 1020. The Labute approximate surface area is 141 Å². The van der Waals surface area contributed by atoms with Crippen LogP contribution in [-0.4, -0.2) is 21.8 Å². The van der Waals surface area contributed by atoms with Crippen molar-refractivity contribution in [1.82, 2.24) is 4.98 Å². The number of amides is 1. The van der Waals surface area contributed by atoms with Gasteiger partial charge in [0.05, 0.1) is 22.3 Å². The molecule has 126 valence electrons. The molecule has 8 nitrogen and oxygen atoms in total. The van der Waals surface area contributed by atoms with Crippen molar-refractivity contribution >= 4 is 34.2 Å². The quantitative estimate of drug-likeness (QED) is 0.555. The van der Waals surface area contributed by atoms with Crippen LogP contribution in [0.1, 0.15) is 26.4 Å². The van der Waals surface area contributed by atoms with Gasteiger partial charge in [0.25, 0.3) is 11.6 Å². The second-order valence-electron chi connectivity index (χ2n) is 5.44. The lowest BCUT2D eigenvalue weighted by atomic mass is 10.1. The molecule has 0 unspecified atom stereocenters. The normalized spacial score (nSPS) is 10.6. The standard InChI is InChI=1S/C17H13N3O5/c1-9-6-7-12-11(8-9)14(15(18-12)17(22)23)19-16(21)10-4-2-3-5-13(10)20(24)25/h2-8,18H,1H3,(H,19,21)(H,22,23)/p-1. The van der Waals surface area contributed by atoms with Crippen molar-refractivity contribution in [2.24, 2.45) is 0 Å². The molecule has 1 aromatic heterocycles. The summed E-state index contributed by atoms with van der Waals surface area (Å²) >= 11 is 0. The number of nitro groups is 1. The number of hydrogen-bond donors (Lipinski definition) is 2. The molecule has 0 aliphatic carbocycles. The number of aromatic nitrogens is 1. The van der Waals surface area contributed by atoms with E-state index in [1.54, 1.807) is 18.2 Å². The predicted molar refractivity (Wildman–Crippen MR) is 88.4 cm³/mol. The number of aromatic carboxylic acids is 1. The minimum Gasteiger partial charge on any atom is -0.543 e. The molecule has 2 N–H and O–H groups in total. The molecule has 1 amide bonds. The van der Waals surface area contributed by atoms with Crippen LogP contribution in [0.5, 0.6) is 0 Å². The highest BCUT2D eigenvalue weighted by Gasteiger charge is 2.22. The Balaban J connectivity index is 2.10. The molecule has 25 heavy (non-hydrogen) atoms. The SMILES string of the molecule is Cc1ccc2[nH]c(C(=O)[O-])c(NC(=O)c3ccccc3[N+](=O)[O-])c2c1. The molecular weight excluding hydrogens is 326 g/mol. The first-order chi connectivity index (χ1) is 11.9. The number of nitro benzene ring substituents is 1. The summed E-state index contributed by atoms with van der Waals surface area (Å²) in [7, 11) is 0. The molecule has 3 rings (SSSR count). The van der Waals surface area contributed by atoms with E-state index in [9.17, 15) is 24.8 Å². The number of para-hydroxylation sites is 1. The summed E-state index contributed by atoms with van der Waals surface area (Å²) < 4.78 is 0. The average molecular weight is 338 g/mol. The zero-order valence-corrected chi connectivity index (χ0v) is 13.0. The first-order valence-corrected chi connectivity index (χ1v) is 7.27. The fraction of sp³-hybridized carbons (Fsp3) is 0.0588. The number of nitrogens with zero attached hydrogens (tertiary/aromatic N) is 1. The number of benzene rings is 2. The van der Waals surface area contributed by atoms with Gasteiger partial charge in [0.1, 0.15) is 5.56 Å². The van der Waals surface area contributed by atoms with Crippen molar-refractivity contribution in [3.63, 3.8) is 0 Å². The Hall–Kier alpha value is -3.68. The van der Waals surface area contributed by atoms with Crippen molar-refractivity contribution < 1.29 is 19.6 Å². The number of nitrogens with one attached hydrogen (secondary N) is 2. The number of hydrogen-bond acceptors (Lipinski definition) is 5. The Morgan fingerprint density at radius 3 is 2.56 bits per heavy atom. The van der Waals surface area contributed by atoms with Gasteiger partial charge in [0.2, 0.25) is 0 Å². The summed E-state index contributed by atoms with van der Waals surface area (Å²) in [6.07, 6.45) is 0. The van der Waals surface area contributed by atoms with Gasteiger partial charge in [-0.1, -0.05) is 23.8 Å². The van der Waals surface area contributed by atoms with E-state index < -0.39 is 16.8 Å². The van der Waals surface area contributed by atoms with Crippen LogP contribution < -0.4 is 10.4 Å². The number of H-pyrrole nitrogens is 1. The number of carboxylic acid groups (broad SMARTS) is 1. The van der Waals surface area contributed by atoms with Gasteiger partial charge in [-0.05, 0) is 25.1 Å². The monoisotopic (exact) mass is 338 g/mol. The fourth-order valence-corrected chi connectivity index (χ4v) is 2.59. The highest BCUT2D eigenvalue weighted by molar-refractivity contribution is 6.15. The van der Waals surface area contributed by atoms with Gasteiger partial charge in [-0.15, -0.1) is 0 Å². The van der Waals surface area contributed by atoms with Crippen LogP contribution in [-0.2, 0) is 0 Å². The van der Waals surface area contributed by atoms with Gasteiger partial charge >= 0.3 is 0 Å². The van der Waals surface area contributed by atoms with Gasteiger partial charge in [0.15, 0.2) is 0 Å². The molecule has 0 aliphatic heterocycles. The lowest BCUT2D eigenvalue weighted by molar-refractivity contribution is -0.385. The first kappa shape index (κ1) is 16.2. The Kier molecular flexibility index (Phi) is 3.94. The number of carbonyl (C=O) groups is 2. The van der Waals surface area contributed by atoms with Crippen LogP contribution in [0.15, 0.2) is 42.5 Å². The number of carbonyl (C=O) groups excluding carboxylic acids is 2. The third kappa shape index (κ3) is 2.92. The molecule has 0 spiro atoms. The zero-order valence-electron chi connectivity index (χ0n) is 13.0. The van der Waals surface area contributed by atoms with Crippen molar-refractivity contribution in [3.8, 4) is 0 Å². The van der Waals surface area contributed by atoms with Gasteiger partial charge in [-0.25, -0.2) is 0 Å². The highest BCUT2D eigenvalue weighted by atomic mass is 16.6.